The third kappa shape index (κ3) is 5.81. The summed E-state index contributed by atoms with van der Waals surface area (Å²) in [7, 11) is 0. The molecule has 184 valence electrons. The van der Waals surface area contributed by atoms with Gasteiger partial charge in [0.25, 0.3) is 17.3 Å². The smallest absolute Gasteiger partial charge is 0.419 e. The number of ether oxygens (including phenoxy) is 1. The van der Waals surface area contributed by atoms with Crippen LogP contribution in [-0.4, -0.2) is 38.6 Å². The van der Waals surface area contributed by atoms with Crippen molar-refractivity contribution in [3.63, 3.8) is 0 Å². The summed E-state index contributed by atoms with van der Waals surface area (Å²) in [5, 5.41) is 25.8. The molecule has 1 amide bonds. The minimum Gasteiger partial charge on any atom is -0.443 e. The summed E-state index contributed by atoms with van der Waals surface area (Å²) in [4.78, 5) is 46.2. The fourth-order valence-corrected chi connectivity index (χ4v) is 3.72. The number of nitrogens with zero attached hydrogens (tertiary/aromatic N) is 3. The number of aromatic nitrogens is 1. The van der Waals surface area contributed by atoms with Crippen LogP contribution in [0.4, 0.5) is 16.2 Å². The van der Waals surface area contributed by atoms with Gasteiger partial charge in [-0.15, -0.1) is 0 Å². The summed E-state index contributed by atoms with van der Waals surface area (Å²) in [6, 6.07) is 10.1. The summed E-state index contributed by atoms with van der Waals surface area (Å²) in [5.41, 5.74) is -0.470. The zero-order valence-corrected chi connectivity index (χ0v) is 19.8. The van der Waals surface area contributed by atoms with E-state index in [9.17, 15) is 29.8 Å². The lowest BCUT2D eigenvalue weighted by Crippen LogP contribution is -2.28. The zero-order valence-electron chi connectivity index (χ0n) is 19.8. The molecule has 0 saturated heterocycles. The standard InChI is InChI=1S/C24H26N4O7/c1-5-15(13-25-22(29)16-10-17(27(31)32)12-18(11-16)28(33)34)20-14-26(23(30)35-24(2,3)4)21-9-7-6-8-19(20)21/h6-12,14-15H,5,13H2,1-4H3,(H,25,29)/t15-/m0/s1. The van der Waals surface area contributed by atoms with Crippen LogP contribution >= 0.6 is 0 Å². The van der Waals surface area contributed by atoms with E-state index >= 15 is 0 Å². The van der Waals surface area contributed by atoms with Gasteiger partial charge in [0.1, 0.15) is 5.60 Å². The summed E-state index contributed by atoms with van der Waals surface area (Å²) < 4.78 is 6.95. The number of nitro benzene ring substituents is 2. The second-order valence-electron chi connectivity index (χ2n) is 9.02. The Morgan fingerprint density at radius 1 is 1.06 bits per heavy atom. The number of hydrogen-bond donors (Lipinski definition) is 1. The molecule has 1 atom stereocenters. The number of rotatable bonds is 7. The van der Waals surface area contributed by atoms with Gasteiger partial charge in [0.15, 0.2) is 0 Å². The molecule has 0 fully saturated rings. The molecule has 11 nitrogen and oxygen atoms in total. The highest BCUT2D eigenvalue weighted by Gasteiger charge is 2.24. The number of para-hydroxylation sites is 1. The molecule has 0 radical (unpaired) electrons. The first kappa shape index (κ1) is 25.3. The molecule has 2 aromatic carbocycles. The number of non-ortho nitro benzene ring substituents is 2. The van der Waals surface area contributed by atoms with E-state index in [1.54, 1.807) is 33.0 Å². The second-order valence-corrected chi connectivity index (χ2v) is 9.02. The van der Waals surface area contributed by atoms with Gasteiger partial charge in [-0.05, 0) is 38.8 Å². The van der Waals surface area contributed by atoms with Gasteiger partial charge < -0.3 is 10.1 Å². The van der Waals surface area contributed by atoms with Gasteiger partial charge in [-0.1, -0.05) is 25.1 Å². The molecule has 3 aromatic rings. The number of carbonyl (C=O) groups is 2. The lowest BCUT2D eigenvalue weighted by Gasteiger charge is -2.19. The molecule has 0 aliphatic rings. The van der Waals surface area contributed by atoms with Crippen LogP contribution in [0.1, 0.15) is 56.0 Å². The SMILES string of the molecule is CC[C@@H](CNC(=O)c1cc([N+](=O)[O-])cc([N+](=O)[O-])c1)c1cn(C(=O)OC(C)(C)C)c2ccccc12. The summed E-state index contributed by atoms with van der Waals surface area (Å²) >= 11 is 0. The van der Waals surface area contributed by atoms with E-state index in [1.165, 1.54) is 4.57 Å². The monoisotopic (exact) mass is 482 g/mol. The van der Waals surface area contributed by atoms with Crippen molar-refractivity contribution in [3.8, 4) is 0 Å². The number of nitrogens with one attached hydrogen (secondary N) is 1. The van der Waals surface area contributed by atoms with Crippen LogP contribution in [0, 0.1) is 20.2 Å². The van der Waals surface area contributed by atoms with Crippen molar-refractivity contribution in [1.82, 2.24) is 9.88 Å². The topological polar surface area (TPSA) is 147 Å². The van der Waals surface area contributed by atoms with Crippen molar-refractivity contribution in [2.24, 2.45) is 0 Å². The fourth-order valence-electron chi connectivity index (χ4n) is 3.72. The van der Waals surface area contributed by atoms with Gasteiger partial charge in [0.05, 0.1) is 27.0 Å². The molecule has 1 aromatic heterocycles. The molecule has 0 spiro atoms. The molecule has 35 heavy (non-hydrogen) atoms. The van der Waals surface area contributed by atoms with Crippen LogP contribution < -0.4 is 5.32 Å². The van der Waals surface area contributed by atoms with Crippen LogP contribution in [0.15, 0.2) is 48.7 Å². The fraction of sp³-hybridized carbons (Fsp3) is 0.333. The maximum absolute atomic E-state index is 12.8. The molecule has 1 N–H and O–H groups in total. The van der Waals surface area contributed by atoms with Gasteiger partial charge in [0.2, 0.25) is 0 Å². The average Bonchev–Trinajstić information content (AvgIpc) is 3.18. The quantitative estimate of drug-likeness (QED) is 0.361. The van der Waals surface area contributed by atoms with Crippen molar-refractivity contribution >= 4 is 34.3 Å². The lowest BCUT2D eigenvalue weighted by molar-refractivity contribution is -0.394. The third-order valence-electron chi connectivity index (χ3n) is 5.36. The molecule has 0 unspecified atom stereocenters. The van der Waals surface area contributed by atoms with Crippen molar-refractivity contribution in [2.45, 2.75) is 45.6 Å². The normalized spacial score (nSPS) is 12.2. The predicted octanol–water partition coefficient (Wildman–Crippen LogP) is 5.16. The number of amides is 1. The van der Waals surface area contributed by atoms with Crippen molar-refractivity contribution in [2.75, 3.05) is 6.54 Å². The lowest BCUT2D eigenvalue weighted by atomic mass is 9.96. The maximum atomic E-state index is 12.8. The third-order valence-corrected chi connectivity index (χ3v) is 5.36. The number of carbonyl (C=O) groups excluding carboxylic acids is 2. The zero-order chi connectivity index (χ0) is 25.9. The number of nitro groups is 2. The molecule has 11 heteroatoms. The van der Waals surface area contributed by atoms with E-state index in [0.29, 0.717) is 11.9 Å². The van der Waals surface area contributed by atoms with E-state index in [0.717, 1.165) is 29.1 Å². The largest absolute Gasteiger partial charge is 0.443 e. The minimum atomic E-state index is -0.788. The number of benzene rings is 2. The van der Waals surface area contributed by atoms with E-state index < -0.39 is 38.8 Å². The van der Waals surface area contributed by atoms with Crippen molar-refractivity contribution in [3.05, 3.63) is 80.0 Å². The van der Waals surface area contributed by atoms with Crippen LogP contribution in [-0.2, 0) is 4.74 Å². The van der Waals surface area contributed by atoms with Crippen LogP contribution in [0.3, 0.4) is 0 Å². The first-order valence-electron chi connectivity index (χ1n) is 11.0. The van der Waals surface area contributed by atoms with Crippen molar-refractivity contribution in [1.29, 1.82) is 0 Å². The van der Waals surface area contributed by atoms with Gasteiger partial charge in [-0.2, -0.15) is 0 Å². The van der Waals surface area contributed by atoms with E-state index in [1.807, 2.05) is 25.1 Å². The van der Waals surface area contributed by atoms with E-state index in [-0.39, 0.29) is 18.0 Å². The van der Waals surface area contributed by atoms with Gasteiger partial charge in [-0.3, -0.25) is 29.6 Å². The Bertz CT molecular complexity index is 1270. The van der Waals surface area contributed by atoms with Crippen LogP contribution in [0.5, 0.6) is 0 Å². The first-order valence-corrected chi connectivity index (χ1v) is 11.0. The second kappa shape index (κ2) is 9.92. The molecule has 3 rings (SSSR count). The Morgan fingerprint density at radius 2 is 1.66 bits per heavy atom. The Morgan fingerprint density at radius 3 is 2.20 bits per heavy atom. The molecular weight excluding hydrogens is 456 g/mol. The Labute approximate surface area is 201 Å². The average molecular weight is 482 g/mol. The molecular formula is C24H26N4O7. The molecule has 0 bridgehead atoms. The molecule has 0 aliphatic heterocycles. The van der Waals surface area contributed by atoms with Gasteiger partial charge in [-0.25, -0.2) is 4.79 Å². The minimum absolute atomic E-state index is 0.147. The summed E-state index contributed by atoms with van der Waals surface area (Å²) in [5.74, 6) is -0.882. The van der Waals surface area contributed by atoms with Crippen LogP contribution in [0.2, 0.25) is 0 Å². The van der Waals surface area contributed by atoms with Crippen molar-refractivity contribution < 1.29 is 24.2 Å². The Balaban J connectivity index is 1.89. The Kier molecular flexibility index (Phi) is 7.18. The molecule has 1 heterocycles. The predicted molar refractivity (Wildman–Crippen MR) is 129 cm³/mol. The number of hydrogen-bond acceptors (Lipinski definition) is 7. The Hall–Kier alpha value is -4.28. The molecule has 0 saturated carbocycles. The van der Waals surface area contributed by atoms with E-state index in [2.05, 4.69) is 5.32 Å². The molecule has 0 aliphatic carbocycles. The highest BCUT2D eigenvalue weighted by atomic mass is 16.6. The summed E-state index contributed by atoms with van der Waals surface area (Å²) in [6.07, 6.45) is 1.78. The first-order chi connectivity index (χ1) is 16.4. The highest BCUT2D eigenvalue weighted by Crippen LogP contribution is 2.30. The highest BCUT2D eigenvalue weighted by molar-refractivity contribution is 5.96. The van der Waals surface area contributed by atoms with Gasteiger partial charge >= 0.3 is 6.09 Å². The van der Waals surface area contributed by atoms with Crippen LogP contribution in [0.25, 0.3) is 10.9 Å². The maximum Gasteiger partial charge on any atom is 0.419 e. The van der Waals surface area contributed by atoms with Gasteiger partial charge in [0, 0.05) is 36.2 Å². The van der Waals surface area contributed by atoms with E-state index in [4.69, 9.17) is 4.74 Å². The number of fused-ring (bicyclic) bond motifs is 1. The summed E-state index contributed by atoms with van der Waals surface area (Å²) in [6.45, 7) is 7.41.